The molecular weight excluding hydrogens is 358 g/mol. The fourth-order valence-corrected chi connectivity index (χ4v) is 3.49. The van der Waals surface area contributed by atoms with Crippen molar-refractivity contribution in [3.05, 3.63) is 58.5 Å². The van der Waals surface area contributed by atoms with Gasteiger partial charge in [-0.1, -0.05) is 12.1 Å². The Balaban J connectivity index is 1.82. The van der Waals surface area contributed by atoms with Gasteiger partial charge in [-0.05, 0) is 36.2 Å². The minimum Gasteiger partial charge on any atom is -0.495 e. The van der Waals surface area contributed by atoms with E-state index in [0.29, 0.717) is 29.6 Å². The van der Waals surface area contributed by atoms with Gasteiger partial charge in [0.25, 0.3) is 0 Å². The lowest BCUT2D eigenvalue weighted by atomic mass is 9.97. The van der Waals surface area contributed by atoms with Gasteiger partial charge in [0.2, 0.25) is 0 Å². The normalized spacial score (nSPS) is 12.0. The average Bonchev–Trinajstić information content (AvgIpc) is 2.73. The summed E-state index contributed by atoms with van der Waals surface area (Å²) in [6.07, 6.45) is 0.726. The zero-order valence-corrected chi connectivity index (χ0v) is 16.0. The van der Waals surface area contributed by atoms with Gasteiger partial charge in [-0.25, -0.2) is 4.79 Å². The molecule has 28 heavy (non-hydrogen) atoms. The van der Waals surface area contributed by atoms with Crippen molar-refractivity contribution in [1.29, 1.82) is 0 Å². The van der Waals surface area contributed by atoms with Gasteiger partial charge in [-0.2, -0.15) is 4.98 Å². The number of nitrogens with zero attached hydrogens (tertiary/aromatic N) is 2. The van der Waals surface area contributed by atoms with Crippen LogP contribution in [0.5, 0.6) is 17.2 Å². The summed E-state index contributed by atoms with van der Waals surface area (Å²) in [5.41, 5.74) is 3.28. The highest BCUT2D eigenvalue weighted by molar-refractivity contribution is 5.73. The molecule has 1 aromatic heterocycles. The summed E-state index contributed by atoms with van der Waals surface area (Å²) in [7, 11) is 4.82. The van der Waals surface area contributed by atoms with Crippen LogP contribution in [-0.4, -0.2) is 30.9 Å². The van der Waals surface area contributed by atoms with Gasteiger partial charge < -0.3 is 19.5 Å². The van der Waals surface area contributed by atoms with Crippen LogP contribution in [0.3, 0.4) is 0 Å². The molecule has 0 spiro atoms. The summed E-state index contributed by atoms with van der Waals surface area (Å²) in [5.74, 6) is 2.44. The fraction of sp³-hybridized carbons (Fsp3) is 0.238. The molecule has 0 saturated carbocycles. The molecule has 0 unspecified atom stereocenters. The molecule has 2 heterocycles. The second kappa shape index (κ2) is 7.26. The van der Waals surface area contributed by atoms with Gasteiger partial charge in [0.15, 0.2) is 11.5 Å². The minimum atomic E-state index is -0.296. The summed E-state index contributed by atoms with van der Waals surface area (Å²) >= 11 is 0. The van der Waals surface area contributed by atoms with Crippen LogP contribution in [0, 0.1) is 0 Å². The lowest BCUT2D eigenvalue weighted by Gasteiger charge is -2.23. The first-order chi connectivity index (χ1) is 13.6. The number of aryl methyl sites for hydroxylation is 1. The van der Waals surface area contributed by atoms with Crippen LogP contribution in [0.4, 0.5) is 11.5 Å². The Kier molecular flexibility index (Phi) is 4.65. The number of nitrogens with one attached hydrogen (secondary N) is 1. The van der Waals surface area contributed by atoms with E-state index < -0.39 is 0 Å². The number of aromatic nitrogens is 2. The van der Waals surface area contributed by atoms with Crippen LogP contribution in [0.25, 0.3) is 11.3 Å². The maximum absolute atomic E-state index is 12.6. The van der Waals surface area contributed by atoms with Gasteiger partial charge in [0.1, 0.15) is 11.6 Å². The van der Waals surface area contributed by atoms with E-state index in [1.807, 2.05) is 42.5 Å². The van der Waals surface area contributed by atoms with Gasteiger partial charge in [0, 0.05) is 18.2 Å². The lowest BCUT2D eigenvalue weighted by Crippen LogP contribution is -2.28. The monoisotopic (exact) mass is 379 g/mol. The molecule has 0 saturated heterocycles. The van der Waals surface area contributed by atoms with E-state index in [1.165, 1.54) is 0 Å². The topological polar surface area (TPSA) is 74.6 Å². The Labute approximate surface area is 162 Å². The van der Waals surface area contributed by atoms with E-state index in [9.17, 15) is 4.79 Å². The molecule has 0 amide bonds. The predicted octanol–water partition coefficient (Wildman–Crippen LogP) is 3.24. The molecule has 3 aromatic rings. The van der Waals surface area contributed by atoms with E-state index in [2.05, 4.69) is 10.3 Å². The number of anilines is 2. The SMILES string of the molecule is COc1ccccc1Nc1cc2n(c(=O)n1)CCc1cc(OC)c(OC)cc1-2. The molecule has 7 nitrogen and oxygen atoms in total. The third kappa shape index (κ3) is 3.05. The average molecular weight is 379 g/mol. The first-order valence-corrected chi connectivity index (χ1v) is 8.91. The Morgan fingerprint density at radius 3 is 2.43 bits per heavy atom. The van der Waals surface area contributed by atoms with Crippen LogP contribution >= 0.6 is 0 Å². The molecule has 144 valence electrons. The lowest BCUT2D eigenvalue weighted by molar-refractivity contribution is 0.354. The van der Waals surface area contributed by atoms with E-state index >= 15 is 0 Å². The van der Waals surface area contributed by atoms with E-state index in [4.69, 9.17) is 14.2 Å². The molecule has 7 heteroatoms. The summed E-state index contributed by atoms with van der Waals surface area (Å²) in [5, 5.41) is 3.19. The van der Waals surface area contributed by atoms with Crippen molar-refractivity contribution in [2.75, 3.05) is 26.6 Å². The largest absolute Gasteiger partial charge is 0.495 e. The maximum atomic E-state index is 12.6. The molecule has 0 atom stereocenters. The van der Waals surface area contributed by atoms with Gasteiger partial charge in [0.05, 0.1) is 32.7 Å². The zero-order valence-electron chi connectivity index (χ0n) is 16.0. The van der Waals surface area contributed by atoms with Gasteiger partial charge >= 0.3 is 5.69 Å². The number of ether oxygens (including phenoxy) is 3. The molecule has 1 aliphatic rings. The Hall–Kier alpha value is -3.48. The Bertz CT molecular complexity index is 1090. The van der Waals surface area contributed by atoms with Gasteiger partial charge in [-0.15, -0.1) is 0 Å². The van der Waals surface area contributed by atoms with Crippen LogP contribution in [0.1, 0.15) is 5.56 Å². The zero-order chi connectivity index (χ0) is 19.7. The highest BCUT2D eigenvalue weighted by Gasteiger charge is 2.21. The first kappa shape index (κ1) is 17.9. The van der Waals surface area contributed by atoms with Crippen molar-refractivity contribution in [3.8, 4) is 28.5 Å². The van der Waals surface area contributed by atoms with Crippen molar-refractivity contribution in [1.82, 2.24) is 9.55 Å². The fourth-order valence-electron chi connectivity index (χ4n) is 3.49. The molecule has 0 fully saturated rings. The van der Waals surface area contributed by atoms with Gasteiger partial charge in [-0.3, -0.25) is 4.57 Å². The number of methoxy groups -OCH3 is 3. The Morgan fingerprint density at radius 2 is 1.68 bits per heavy atom. The number of rotatable bonds is 5. The maximum Gasteiger partial charge on any atom is 0.350 e. The van der Waals surface area contributed by atoms with E-state index in [0.717, 1.165) is 28.9 Å². The summed E-state index contributed by atoms with van der Waals surface area (Å²) in [4.78, 5) is 16.8. The Morgan fingerprint density at radius 1 is 0.964 bits per heavy atom. The molecular formula is C21H21N3O4. The van der Waals surface area contributed by atoms with Crippen molar-refractivity contribution in [2.24, 2.45) is 0 Å². The third-order valence-electron chi connectivity index (χ3n) is 4.87. The molecule has 1 N–H and O–H groups in total. The van der Waals surface area contributed by atoms with Crippen molar-refractivity contribution < 1.29 is 14.2 Å². The van der Waals surface area contributed by atoms with E-state index in [-0.39, 0.29) is 5.69 Å². The second-order valence-corrected chi connectivity index (χ2v) is 6.40. The molecule has 0 bridgehead atoms. The molecule has 0 aliphatic carbocycles. The highest BCUT2D eigenvalue weighted by atomic mass is 16.5. The van der Waals surface area contributed by atoms with E-state index in [1.54, 1.807) is 25.9 Å². The molecule has 4 rings (SSSR count). The third-order valence-corrected chi connectivity index (χ3v) is 4.87. The standard InChI is InChI=1S/C21H21N3O4/c1-26-17-7-5-4-6-15(17)22-20-12-16-14-11-19(28-3)18(27-2)10-13(14)8-9-24(16)21(25)23-20/h4-7,10-12H,8-9H2,1-3H3,(H,22,23,25). The number of para-hydroxylation sites is 2. The molecule has 0 radical (unpaired) electrons. The molecule has 2 aromatic carbocycles. The smallest absolute Gasteiger partial charge is 0.350 e. The van der Waals surface area contributed by atoms with Crippen molar-refractivity contribution >= 4 is 11.5 Å². The predicted molar refractivity (Wildman–Crippen MR) is 107 cm³/mol. The quantitative estimate of drug-likeness (QED) is 0.734. The van der Waals surface area contributed by atoms with Crippen LogP contribution < -0.4 is 25.2 Å². The second-order valence-electron chi connectivity index (χ2n) is 6.40. The van der Waals surface area contributed by atoms with Crippen LogP contribution in [-0.2, 0) is 13.0 Å². The number of fused-ring (bicyclic) bond motifs is 3. The summed E-state index contributed by atoms with van der Waals surface area (Å²) in [6, 6.07) is 13.2. The summed E-state index contributed by atoms with van der Waals surface area (Å²) < 4.78 is 17.9. The van der Waals surface area contributed by atoms with Crippen molar-refractivity contribution in [2.45, 2.75) is 13.0 Å². The minimum absolute atomic E-state index is 0.296. The van der Waals surface area contributed by atoms with Crippen molar-refractivity contribution in [3.63, 3.8) is 0 Å². The highest BCUT2D eigenvalue weighted by Crippen LogP contribution is 2.38. The molecule has 1 aliphatic heterocycles. The summed E-state index contributed by atoms with van der Waals surface area (Å²) in [6.45, 7) is 0.568. The first-order valence-electron chi connectivity index (χ1n) is 8.91. The number of benzene rings is 2. The number of hydrogen-bond donors (Lipinski definition) is 1. The van der Waals surface area contributed by atoms with Crippen LogP contribution in [0.15, 0.2) is 47.3 Å². The van der Waals surface area contributed by atoms with Crippen LogP contribution in [0.2, 0.25) is 0 Å². The number of hydrogen-bond acceptors (Lipinski definition) is 6.